The fourth-order valence-electron chi connectivity index (χ4n) is 2.68. The van der Waals surface area contributed by atoms with Gasteiger partial charge in [0.05, 0.1) is 6.54 Å². The number of benzene rings is 1. The minimum Gasteiger partial charge on any atom is -0.325 e. The molecule has 2 rings (SSSR count). The van der Waals surface area contributed by atoms with Crippen LogP contribution in [0.15, 0.2) is 18.2 Å². The van der Waals surface area contributed by atoms with Crippen LogP contribution < -0.4 is 10.6 Å². The molecule has 0 spiro atoms. The lowest BCUT2D eigenvalue weighted by molar-refractivity contribution is -0.117. The smallest absolute Gasteiger partial charge is 0.238 e. The second kappa shape index (κ2) is 9.08. The molecule has 6 heteroatoms. The number of rotatable bonds is 6. The third-order valence-corrected chi connectivity index (χ3v) is 3.86. The van der Waals surface area contributed by atoms with Crippen molar-refractivity contribution >= 4 is 24.0 Å². The van der Waals surface area contributed by atoms with Crippen molar-refractivity contribution < 1.29 is 9.18 Å². The maximum Gasteiger partial charge on any atom is 0.238 e. The summed E-state index contributed by atoms with van der Waals surface area (Å²) in [5.41, 5.74) is 1.10. The fraction of sp³-hybridized carbons (Fsp3) is 0.562. The largest absolute Gasteiger partial charge is 0.325 e. The molecule has 0 radical (unpaired) electrons. The first kappa shape index (κ1) is 18.9. The lowest BCUT2D eigenvalue weighted by atomic mass is 10.2. The summed E-state index contributed by atoms with van der Waals surface area (Å²) in [6.45, 7) is 7.03. The van der Waals surface area contributed by atoms with Gasteiger partial charge in [0.25, 0.3) is 0 Å². The maximum atomic E-state index is 13.5. The van der Waals surface area contributed by atoms with Gasteiger partial charge in [-0.3, -0.25) is 9.69 Å². The van der Waals surface area contributed by atoms with Crippen molar-refractivity contribution in [3.05, 3.63) is 29.6 Å². The summed E-state index contributed by atoms with van der Waals surface area (Å²) in [6.07, 6.45) is 2.09. The Morgan fingerprint density at radius 2 is 2.27 bits per heavy atom. The molecule has 1 fully saturated rings. The van der Waals surface area contributed by atoms with E-state index in [4.69, 9.17) is 0 Å². The number of amides is 1. The lowest BCUT2D eigenvalue weighted by Crippen LogP contribution is -2.42. The maximum absolute atomic E-state index is 13.5. The summed E-state index contributed by atoms with van der Waals surface area (Å²) in [6, 6.07) is 5.20. The number of hydrogen-bond donors (Lipinski definition) is 2. The van der Waals surface area contributed by atoms with Crippen LogP contribution in [0.1, 0.15) is 25.3 Å². The van der Waals surface area contributed by atoms with Gasteiger partial charge in [0, 0.05) is 18.3 Å². The van der Waals surface area contributed by atoms with E-state index in [0.29, 0.717) is 23.8 Å². The zero-order valence-electron chi connectivity index (χ0n) is 13.2. The molecule has 22 heavy (non-hydrogen) atoms. The van der Waals surface area contributed by atoms with Gasteiger partial charge in [-0.25, -0.2) is 4.39 Å². The molecule has 1 amide bonds. The van der Waals surface area contributed by atoms with Gasteiger partial charge in [-0.1, -0.05) is 13.0 Å². The van der Waals surface area contributed by atoms with Gasteiger partial charge in [0.1, 0.15) is 5.82 Å². The Kier molecular flexibility index (Phi) is 7.79. The number of anilines is 1. The van der Waals surface area contributed by atoms with Crippen LogP contribution in [0, 0.1) is 12.7 Å². The van der Waals surface area contributed by atoms with Crippen LogP contribution in [0.3, 0.4) is 0 Å². The highest BCUT2D eigenvalue weighted by atomic mass is 35.5. The molecule has 2 N–H and O–H groups in total. The molecule has 1 aromatic rings. The van der Waals surface area contributed by atoms with E-state index in [1.165, 1.54) is 6.07 Å². The van der Waals surface area contributed by atoms with Crippen molar-refractivity contribution in [3.8, 4) is 0 Å². The van der Waals surface area contributed by atoms with Crippen LogP contribution in [0.25, 0.3) is 0 Å². The van der Waals surface area contributed by atoms with Crippen molar-refractivity contribution in [3.63, 3.8) is 0 Å². The quantitative estimate of drug-likeness (QED) is 0.843. The molecule has 0 aromatic heterocycles. The topological polar surface area (TPSA) is 44.4 Å². The molecule has 1 heterocycles. The van der Waals surface area contributed by atoms with E-state index in [1.807, 2.05) is 0 Å². The monoisotopic (exact) mass is 329 g/mol. The first-order chi connectivity index (χ1) is 10.1. The van der Waals surface area contributed by atoms with Gasteiger partial charge in [-0.2, -0.15) is 0 Å². The Morgan fingerprint density at radius 3 is 2.86 bits per heavy atom. The predicted molar refractivity (Wildman–Crippen MR) is 90.2 cm³/mol. The van der Waals surface area contributed by atoms with Gasteiger partial charge in [-0.05, 0) is 50.6 Å². The highest BCUT2D eigenvalue weighted by Crippen LogP contribution is 2.14. The number of hydrogen-bond acceptors (Lipinski definition) is 3. The molecule has 1 unspecified atom stereocenters. The van der Waals surface area contributed by atoms with Gasteiger partial charge in [0.2, 0.25) is 5.91 Å². The number of aryl methyl sites for hydroxylation is 1. The van der Waals surface area contributed by atoms with Gasteiger partial charge in [-0.15, -0.1) is 12.4 Å². The standard InChI is InChI=1S/C16H24FN3O.ClH/c1-3-8-20(14-6-7-18-10-14)11-16(21)19-13-5-4-12(2)15(17)9-13;/h4-5,9,14,18H,3,6-8,10-11H2,1-2H3,(H,19,21);1H. The number of carbonyl (C=O) groups is 1. The Hall–Kier alpha value is -1.17. The molecule has 1 aliphatic heterocycles. The Balaban J connectivity index is 0.00000242. The van der Waals surface area contributed by atoms with Crippen LogP contribution in [0.2, 0.25) is 0 Å². The zero-order valence-corrected chi connectivity index (χ0v) is 14.0. The first-order valence-corrected chi connectivity index (χ1v) is 7.61. The third-order valence-electron chi connectivity index (χ3n) is 3.86. The second-order valence-electron chi connectivity index (χ2n) is 5.63. The normalized spacial score (nSPS) is 17.4. The van der Waals surface area contributed by atoms with Crippen LogP contribution >= 0.6 is 12.4 Å². The Morgan fingerprint density at radius 1 is 1.50 bits per heavy atom. The summed E-state index contributed by atoms with van der Waals surface area (Å²) < 4.78 is 13.5. The van der Waals surface area contributed by atoms with E-state index in [0.717, 1.165) is 32.5 Å². The molecular formula is C16H25ClFN3O. The summed E-state index contributed by atoms with van der Waals surface area (Å²) in [5, 5.41) is 6.11. The van der Waals surface area contributed by atoms with E-state index in [-0.39, 0.29) is 24.1 Å². The van der Waals surface area contributed by atoms with Crippen molar-refractivity contribution in [1.29, 1.82) is 0 Å². The van der Waals surface area contributed by atoms with E-state index in [9.17, 15) is 9.18 Å². The summed E-state index contributed by atoms with van der Waals surface area (Å²) in [4.78, 5) is 14.4. The molecule has 1 atom stereocenters. The molecule has 0 saturated carbocycles. The minimum atomic E-state index is -0.293. The van der Waals surface area contributed by atoms with Crippen LogP contribution in [0.5, 0.6) is 0 Å². The Bertz CT molecular complexity index is 492. The zero-order chi connectivity index (χ0) is 15.2. The summed E-state index contributed by atoms with van der Waals surface area (Å²) in [5.74, 6) is -0.378. The van der Waals surface area contributed by atoms with E-state index in [1.54, 1.807) is 19.1 Å². The molecule has 0 aliphatic carbocycles. The highest BCUT2D eigenvalue weighted by molar-refractivity contribution is 5.92. The highest BCUT2D eigenvalue weighted by Gasteiger charge is 2.23. The summed E-state index contributed by atoms with van der Waals surface area (Å²) >= 11 is 0. The number of carbonyl (C=O) groups excluding carboxylic acids is 1. The number of nitrogens with one attached hydrogen (secondary N) is 2. The van der Waals surface area contributed by atoms with Crippen LogP contribution in [0.4, 0.5) is 10.1 Å². The van der Waals surface area contributed by atoms with Gasteiger partial charge in [0.15, 0.2) is 0 Å². The average molecular weight is 330 g/mol. The molecule has 124 valence electrons. The molecule has 0 bridgehead atoms. The van der Waals surface area contributed by atoms with Crippen molar-refractivity contribution in [2.75, 3.05) is 31.5 Å². The molecule has 1 aliphatic rings. The minimum absolute atomic E-state index is 0. The fourth-order valence-corrected chi connectivity index (χ4v) is 2.68. The SMILES string of the molecule is CCCN(CC(=O)Nc1ccc(C)c(F)c1)C1CCNC1.Cl. The van der Waals surface area contributed by atoms with Crippen molar-refractivity contribution in [2.24, 2.45) is 0 Å². The first-order valence-electron chi connectivity index (χ1n) is 7.61. The van der Waals surface area contributed by atoms with E-state index >= 15 is 0 Å². The molecule has 1 saturated heterocycles. The lowest BCUT2D eigenvalue weighted by Gasteiger charge is -2.27. The number of halogens is 2. The van der Waals surface area contributed by atoms with E-state index < -0.39 is 0 Å². The molecule has 4 nitrogen and oxygen atoms in total. The molecule has 1 aromatic carbocycles. The van der Waals surface area contributed by atoms with Gasteiger partial charge < -0.3 is 10.6 Å². The van der Waals surface area contributed by atoms with E-state index in [2.05, 4.69) is 22.5 Å². The second-order valence-corrected chi connectivity index (χ2v) is 5.63. The van der Waals surface area contributed by atoms with Crippen LogP contribution in [-0.2, 0) is 4.79 Å². The van der Waals surface area contributed by atoms with Crippen molar-refractivity contribution in [1.82, 2.24) is 10.2 Å². The molecular weight excluding hydrogens is 305 g/mol. The summed E-state index contributed by atoms with van der Waals surface area (Å²) in [7, 11) is 0. The van der Waals surface area contributed by atoms with Gasteiger partial charge >= 0.3 is 0 Å². The Labute approximate surface area is 137 Å². The predicted octanol–water partition coefficient (Wildman–Crippen LogP) is 2.57. The van der Waals surface area contributed by atoms with Crippen molar-refractivity contribution in [2.45, 2.75) is 32.7 Å². The van der Waals surface area contributed by atoms with Crippen LogP contribution in [-0.4, -0.2) is 43.0 Å². The number of nitrogens with zero attached hydrogens (tertiary/aromatic N) is 1. The average Bonchev–Trinajstić information content (AvgIpc) is 2.96. The third kappa shape index (κ3) is 5.23.